The minimum atomic E-state index is -0.559. The van der Waals surface area contributed by atoms with Gasteiger partial charge in [-0.25, -0.2) is 4.98 Å². The van der Waals surface area contributed by atoms with E-state index >= 15 is 0 Å². The molecule has 0 aliphatic heterocycles. The van der Waals surface area contributed by atoms with Crippen LogP contribution >= 0.6 is 11.3 Å². The maximum absolute atomic E-state index is 11.4. The van der Waals surface area contributed by atoms with Crippen molar-refractivity contribution in [1.29, 1.82) is 0 Å². The molecule has 136 valence electrons. The van der Waals surface area contributed by atoms with Gasteiger partial charge in [-0.1, -0.05) is 25.1 Å². The third-order valence-corrected chi connectivity index (χ3v) is 5.09. The summed E-state index contributed by atoms with van der Waals surface area (Å²) in [7, 11) is 0. The van der Waals surface area contributed by atoms with Crippen LogP contribution in [0.15, 0.2) is 58.6 Å². The highest BCUT2D eigenvalue weighted by Gasteiger charge is 2.14. The predicted octanol–water partition coefficient (Wildman–Crippen LogP) is 3.98. The van der Waals surface area contributed by atoms with E-state index in [0.717, 1.165) is 33.2 Å². The SMILES string of the molecule is CCc1oc(C(N)=O)cc1Cn1ccc(-c2cccc(-c3nccs3)c2)n1. The summed E-state index contributed by atoms with van der Waals surface area (Å²) in [5.41, 5.74) is 9.22. The van der Waals surface area contributed by atoms with Crippen molar-refractivity contribution in [2.75, 3.05) is 0 Å². The Labute approximate surface area is 160 Å². The summed E-state index contributed by atoms with van der Waals surface area (Å²) < 4.78 is 7.36. The fraction of sp³-hybridized carbons (Fsp3) is 0.150. The molecule has 2 N–H and O–H groups in total. The molecule has 0 bridgehead atoms. The van der Waals surface area contributed by atoms with Crippen LogP contribution in [0.3, 0.4) is 0 Å². The van der Waals surface area contributed by atoms with E-state index in [9.17, 15) is 4.79 Å². The Morgan fingerprint density at radius 3 is 2.85 bits per heavy atom. The zero-order valence-electron chi connectivity index (χ0n) is 14.8. The van der Waals surface area contributed by atoms with Gasteiger partial charge in [-0.05, 0) is 18.2 Å². The Hall–Kier alpha value is -3.19. The van der Waals surface area contributed by atoms with Crippen LogP contribution in [-0.2, 0) is 13.0 Å². The van der Waals surface area contributed by atoms with Gasteiger partial charge in [-0.2, -0.15) is 5.10 Å². The van der Waals surface area contributed by atoms with Crippen molar-refractivity contribution >= 4 is 17.2 Å². The standard InChI is InChI=1S/C20H18N4O2S/c1-2-17-15(11-18(26-17)19(21)25)12-24-8-6-16(23-24)13-4-3-5-14(10-13)20-22-7-9-27-20/h3-11H,2,12H2,1H3,(H2,21,25). The van der Waals surface area contributed by atoms with Crippen LogP contribution in [0, 0.1) is 0 Å². The summed E-state index contributed by atoms with van der Waals surface area (Å²) >= 11 is 1.61. The van der Waals surface area contributed by atoms with Crippen LogP contribution in [0.2, 0.25) is 0 Å². The summed E-state index contributed by atoms with van der Waals surface area (Å²) in [6.07, 6.45) is 4.41. The minimum Gasteiger partial charge on any atom is -0.456 e. The number of hydrogen-bond acceptors (Lipinski definition) is 5. The largest absolute Gasteiger partial charge is 0.456 e. The van der Waals surface area contributed by atoms with Crippen molar-refractivity contribution < 1.29 is 9.21 Å². The Bertz CT molecular complexity index is 1080. The molecule has 0 radical (unpaired) electrons. The third kappa shape index (κ3) is 3.54. The van der Waals surface area contributed by atoms with Crippen molar-refractivity contribution in [2.45, 2.75) is 19.9 Å². The number of furan rings is 1. The van der Waals surface area contributed by atoms with Gasteiger partial charge < -0.3 is 10.2 Å². The van der Waals surface area contributed by atoms with Crippen molar-refractivity contribution in [3.05, 3.63) is 71.3 Å². The first kappa shape index (κ1) is 17.2. The number of rotatable bonds is 6. The molecule has 4 aromatic rings. The lowest BCUT2D eigenvalue weighted by Gasteiger charge is -2.02. The number of nitrogens with zero attached hydrogens (tertiary/aromatic N) is 3. The molecule has 0 spiro atoms. The highest BCUT2D eigenvalue weighted by atomic mass is 32.1. The smallest absolute Gasteiger partial charge is 0.284 e. The average molecular weight is 378 g/mol. The number of aromatic nitrogens is 3. The Morgan fingerprint density at radius 2 is 2.11 bits per heavy atom. The van der Waals surface area contributed by atoms with E-state index in [1.807, 2.05) is 47.4 Å². The number of carbonyl (C=O) groups is 1. The number of amides is 1. The van der Waals surface area contributed by atoms with Gasteiger partial charge in [0.05, 0.1) is 12.2 Å². The predicted molar refractivity (Wildman–Crippen MR) is 104 cm³/mol. The molecule has 7 heteroatoms. The van der Waals surface area contributed by atoms with Gasteiger partial charge in [0.25, 0.3) is 5.91 Å². The maximum Gasteiger partial charge on any atom is 0.284 e. The Kier molecular flexibility index (Phi) is 4.60. The lowest BCUT2D eigenvalue weighted by molar-refractivity contribution is 0.0972. The molecular weight excluding hydrogens is 360 g/mol. The lowest BCUT2D eigenvalue weighted by atomic mass is 10.1. The molecule has 3 heterocycles. The summed E-state index contributed by atoms with van der Waals surface area (Å²) in [6.45, 7) is 2.50. The van der Waals surface area contributed by atoms with Crippen LogP contribution in [0.5, 0.6) is 0 Å². The molecule has 1 aromatic carbocycles. The first-order valence-electron chi connectivity index (χ1n) is 8.59. The monoisotopic (exact) mass is 378 g/mol. The van der Waals surface area contributed by atoms with Gasteiger partial charge in [0.2, 0.25) is 0 Å². The number of aryl methyl sites for hydroxylation is 1. The van der Waals surface area contributed by atoms with Gasteiger partial charge in [0, 0.05) is 40.9 Å². The van der Waals surface area contributed by atoms with Crippen LogP contribution in [0.1, 0.15) is 28.8 Å². The van der Waals surface area contributed by atoms with Crippen LogP contribution in [-0.4, -0.2) is 20.7 Å². The Balaban J connectivity index is 1.59. The van der Waals surface area contributed by atoms with Gasteiger partial charge in [0.1, 0.15) is 10.8 Å². The molecule has 0 atom stereocenters. The van der Waals surface area contributed by atoms with E-state index in [1.54, 1.807) is 23.6 Å². The van der Waals surface area contributed by atoms with E-state index in [-0.39, 0.29) is 5.76 Å². The highest BCUT2D eigenvalue weighted by molar-refractivity contribution is 7.13. The average Bonchev–Trinajstić information content (AvgIpc) is 3.43. The fourth-order valence-electron chi connectivity index (χ4n) is 2.98. The van der Waals surface area contributed by atoms with Crippen molar-refractivity contribution in [1.82, 2.24) is 14.8 Å². The van der Waals surface area contributed by atoms with Gasteiger partial charge in [-0.15, -0.1) is 11.3 Å². The van der Waals surface area contributed by atoms with Crippen LogP contribution in [0.4, 0.5) is 0 Å². The molecule has 0 aliphatic rings. The van der Waals surface area contributed by atoms with Crippen LogP contribution in [0.25, 0.3) is 21.8 Å². The van der Waals surface area contributed by atoms with Crippen molar-refractivity contribution in [2.24, 2.45) is 5.73 Å². The number of thiazole rings is 1. The number of nitrogens with two attached hydrogens (primary N) is 1. The number of carbonyl (C=O) groups excluding carboxylic acids is 1. The first-order chi connectivity index (χ1) is 13.1. The van der Waals surface area contributed by atoms with Crippen molar-refractivity contribution in [3.8, 4) is 21.8 Å². The highest BCUT2D eigenvalue weighted by Crippen LogP contribution is 2.27. The second-order valence-electron chi connectivity index (χ2n) is 6.09. The first-order valence-corrected chi connectivity index (χ1v) is 9.47. The normalized spacial score (nSPS) is 11.0. The molecular formula is C20H18N4O2S. The molecule has 0 saturated carbocycles. The lowest BCUT2D eigenvalue weighted by Crippen LogP contribution is -2.09. The molecule has 0 aliphatic carbocycles. The van der Waals surface area contributed by atoms with Gasteiger partial charge in [-0.3, -0.25) is 9.48 Å². The van der Waals surface area contributed by atoms with Crippen molar-refractivity contribution in [3.63, 3.8) is 0 Å². The molecule has 6 nitrogen and oxygen atoms in total. The van der Waals surface area contributed by atoms with E-state index in [2.05, 4.69) is 16.1 Å². The van der Waals surface area contributed by atoms with Gasteiger partial charge in [0.15, 0.2) is 5.76 Å². The minimum absolute atomic E-state index is 0.186. The third-order valence-electron chi connectivity index (χ3n) is 4.27. The summed E-state index contributed by atoms with van der Waals surface area (Å²) in [4.78, 5) is 15.7. The molecule has 3 aromatic heterocycles. The quantitative estimate of drug-likeness (QED) is 0.550. The molecule has 1 amide bonds. The van der Waals surface area contributed by atoms with E-state index in [0.29, 0.717) is 13.0 Å². The second kappa shape index (κ2) is 7.20. The molecule has 27 heavy (non-hydrogen) atoms. The number of hydrogen-bond donors (Lipinski definition) is 1. The number of benzene rings is 1. The van der Waals surface area contributed by atoms with E-state index in [4.69, 9.17) is 10.2 Å². The van der Waals surface area contributed by atoms with Gasteiger partial charge >= 0.3 is 0 Å². The molecule has 0 unspecified atom stereocenters. The fourth-order valence-corrected chi connectivity index (χ4v) is 3.61. The number of primary amides is 1. The summed E-state index contributed by atoms with van der Waals surface area (Å²) in [5.74, 6) is 0.383. The summed E-state index contributed by atoms with van der Waals surface area (Å²) in [6, 6.07) is 11.8. The molecule has 0 fully saturated rings. The second-order valence-corrected chi connectivity index (χ2v) is 6.99. The Morgan fingerprint density at radius 1 is 1.26 bits per heavy atom. The maximum atomic E-state index is 11.4. The van der Waals surface area contributed by atoms with Crippen LogP contribution < -0.4 is 5.73 Å². The summed E-state index contributed by atoms with van der Waals surface area (Å²) in [5, 5.41) is 7.62. The topological polar surface area (TPSA) is 86.9 Å². The zero-order valence-corrected chi connectivity index (χ0v) is 15.6. The zero-order chi connectivity index (χ0) is 18.8. The molecule has 4 rings (SSSR count). The van der Waals surface area contributed by atoms with E-state index < -0.39 is 5.91 Å². The molecule has 0 saturated heterocycles. The van der Waals surface area contributed by atoms with E-state index in [1.165, 1.54) is 0 Å².